The Hall–Kier alpha value is -0.120. The monoisotopic (exact) mass is 174 g/mol. The molecular formula is C9H22N2O. The van der Waals surface area contributed by atoms with Crippen molar-refractivity contribution >= 4 is 0 Å². The lowest BCUT2D eigenvalue weighted by molar-refractivity contribution is 0.137. The van der Waals surface area contributed by atoms with E-state index < -0.39 is 0 Å². The summed E-state index contributed by atoms with van der Waals surface area (Å²) in [6.45, 7) is 8.81. The summed E-state index contributed by atoms with van der Waals surface area (Å²) < 4.78 is 0. The van der Waals surface area contributed by atoms with Crippen molar-refractivity contribution < 1.29 is 5.11 Å². The first-order valence-corrected chi connectivity index (χ1v) is 4.66. The molecule has 0 saturated carbocycles. The Morgan fingerprint density at radius 1 is 1.33 bits per heavy atom. The van der Waals surface area contributed by atoms with E-state index >= 15 is 0 Å². The molecule has 0 aromatic rings. The lowest BCUT2D eigenvalue weighted by Gasteiger charge is -2.22. The van der Waals surface area contributed by atoms with Crippen molar-refractivity contribution in [3.8, 4) is 0 Å². The van der Waals surface area contributed by atoms with Crippen LogP contribution < -0.4 is 5.32 Å². The van der Waals surface area contributed by atoms with E-state index in [-0.39, 0.29) is 6.10 Å². The Balaban J connectivity index is 3.46. The second-order valence-corrected chi connectivity index (χ2v) is 3.53. The predicted octanol–water partition coefficient (Wildman–Crippen LogP) is 0.297. The van der Waals surface area contributed by atoms with Gasteiger partial charge in [0.15, 0.2) is 0 Å². The predicted molar refractivity (Wildman–Crippen MR) is 52.3 cm³/mol. The molecule has 0 rings (SSSR count). The normalized spacial score (nSPS) is 16.5. The van der Waals surface area contributed by atoms with E-state index in [0.717, 1.165) is 19.6 Å². The lowest BCUT2D eigenvalue weighted by atomic mass is 10.3. The van der Waals surface area contributed by atoms with Gasteiger partial charge in [0.05, 0.1) is 6.10 Å². The van der Waals surface area contributed by atoms with Gasteiger partial charge in [-0.15, -0.1) is 0 Å². The van der Waals surface area contributed by atoms with Crippen molar-refractivity contribution in [3.05, 3.63) is 0 Å². The molecule has 0 aliphatic rings. The van der Waals surface area contributed by atoms with Crippen LogP contribution in [0.25, 0.3) is 0 Å². The van der Waals surface area contributed by atoms with Crippen LogP contribution in [0.15, 0.2) is 0 Å². The SMILES string of the molecule is CCNC(C)CN(C)CC(C)O. The van der Waals surface area contributed by atoms with E-state index in [2.05, 4.69) is 24.1 Å². The third-order valence-corrected chi connectivity index (χ3v) is 1.71. The number of hydrogen-bond acceptors (Lipinski definition) is 3. The molecule has 12 heavy (non-hydrogen) atoms. The lowest BCUT2D eigenvalue weighted by Crippen LogP contribution is -2.39. The zero-order valence-electron chi connectivity index (χ0n) is 8.67. The number of hydrogen-bond donors (Lipinski definition) is 2. The zero-order chi connectivity index (χ0) is 9.56. The van der Waals surface area contributed by atoms with Crippen molar-refractivity contribution in [1.82, 2.24) is 10.2 Å². The van der Waals surface area contributed by atoms with Crippen molar-refractivity contribution in [2.75, 3.05) is 26.7 Å². The van der Waals surface area contributed by atoms with Crippen molar-refractivity contribution in [3.63, 3.8) is 0 Å². The Kier molecular flexibility index (Phi) is 6.34. The number of aliphatic hydroxyl groups is 1. The third-order valence-electron chi connectivity index (χ3n) is 1.71. The first-order valence-electron chi connectivity index (χ1n) is 4.66. The topological polar surface area (TPSA) is 35.5 Å². The Morgan fingerprint density at radius 3 is 2.33 bits per heavy atom. The van der Waals surface area contributed by atoms with Gasteiger partial charge < -0.3 is 15.3 Å². The molecule has 2 atom stereocenters. The quantitative estimate of drug-likeness (QED) is 0.608. The fourth-order valence-electron chi connectivity index (χ4n) is 1.41. The van der Waals surface area contributed by atoms with Crippen molar-refractivity contribution in [2.45, 2.75) is 32.9 Å². The molecule has 74 valence electrons. The summed E-state index contributed by atoms with van der Waals surface area (Å²) in [4.78, 5) is 2.14. The van der Waals surface area contributed by atoms with Crippen LogP contribution >= 0.6 is 0 Å². The van der Waals surface area contributed by atoms with Crippen LogP contribution in [-0.4, -0.2) is 48.8 Å². The zero-order valence-corrected chi connectivity index (χ0v) is 8.67. The van der Waals surface area contributed by atoms with E-state index in [1.807, 2.05) is 14.0 Å². The molecule has 0 bridgehead atoms. The fourth-order valence-corrected chi connectivity index (χ4v) is 1.41. The highest BCUT2D eigenvalue weighted by Gasteiger charge is 2.06. The molecule has 0 fully saturated rings. The van der Waals surface area contributed by atoms with E-state index in [0.29, 0.717) is 6.04 Å². The molecule has 0 aromatic heterocycles. The summed E-state index contributed by atoms with van der Waals surface area (Å²) in [6, 6.07) is 0.499. The average molecular weight is 174 g/mol. The van der Waals surface area contributed by atoms with Gasteiger partial charge in [0.1, 0.15) is 0 Å². The summed E-state index contributed by atoms with van der Waals surface area (Å²) in [5.41, 5.74) is 0. The maximum Gasteiger partial charge on any atom is 0.0638 e. The molecule has 0 amide bonds. The summed E-state index contributed by atoms with van der Waals surface area (Å²) in [7, 11) is 2.03. The second-order valence-electron chi connectivity index (χ2n) is 3.53. The van der Waals surface area contributed by atoms with Gasteiger partial charge >= 0.3 is 0 Å². The number of nitrogens with one attached hydrogen (secondary N) is 1. The van der Waals surface area contributed by atoms with Gasteiger partial charge in [-0.05, 0) is 27.4 Å². The van der Waals surface area contributed by atoms with Crippen LogP contribution in [-0.2, 0) is 0 Å². The second kappa shape index (κ2) is 6.40. The summed E-state index contributed by atoms with van der Waals surface area (Å²) in [5, 5.41) is 12.4. The molecular weight excluding hydrogens is 152 g/mol. The minimum atomic E-state index is -0.233. The number of aliphatic hydroxyl groups excluding tert-OH is 1. The molecule has 0 spiro atoms. The molecule has 0 aliphatic heterocycles. The highest BCUT2D eigenvalue weighted by atomic mass is 16.3. The molecule has 0 aliphatic carbocycles. The van der Waals surface area contributed by atoms with Gasteiger partial charge in [-0.3, -0.25) is 0 Å². The minimum absolute atomic E-state index is 0.233. The smallest absolute Gasteiger partial charge is 0.0638 e. The third kappa shape index (κ3) is 6.58. The fraction of sp³-hybridized carbons (Fsp3) is 1.00. The van der Waals surface area contributed by atoms with Gasteiger partial charge in [-0.2, -0.15) is 0 Å². The maximum absolute atomic E-state index is 9.10. The van der Waals surface area contributed by atoms with Crippen LogP contribution in [0.5, 0.6) is 0 Å². The van der Waals surface area contributed by atoms with Crippen molar-refractivity contribution in [1.29, 1.82) is 0 Å². The van der Waals surface area contributed by atoms with E-state index in [1.54, 1.807) is 0 Å². The Labute approximate surface area is 75.8 Å². The molecule has 3 nitrogen and oxygen atoms in total. The summed E-state index contributed by atoms with van der Waals surface area (Å²) >= 11 is 0. The minimum Gasteiger partial charge on any atom is -0.392 e. The molecule has 2 unspecified atom stereocenters. The first kappa shape index (κ1) is 11.9. The van der Waals surface area contributed by atoms with Crippen LogP contribution in [0.2, 0.25) is 0 Å². The summed E-state index contributed by atoms with van der Waals surface area (Å²) in [5.74, 6) is 0. The van der Waals surface area contributed by atoms with Gasteiger partial charge in [0, 0.05) is 19.1 Å². The van der Waals surface area contributed by atoms with Crippen LogP contribution in [0.3, 0.4) is 0 Å². The van der Waals surface area contributed by atoms with E-state index in [1.165, 1.54) is 0 Å². The number of nitrogens with zero attached hydrogens (tertiary/aromatic N) is 1. The van der Waals surface area contributed by atoms with Gasteiger partial charge in [-0.25, -0.2) is 0 Å². The molecule has 0 heterocycles. The molecule has 3 heteroatoms. The molecule has 2 N–H and O–H groups in total. The standard InChI is InChI=1S/C9H22N2O/c1-5-10-8(2)6-11(4)7-9(3)12/h8-10,12H,5-7H2,1-4H3. The highest BCUT2D eigenvalue weighted by molar-refractivity contribution is 4.65. The first-order chi connectivity index (χ1) is 5.56. The van der Waals surface area contributed by atoms with Gasteiger partial charge in [0.2, 0.25) is 0 Å². The Morgan fingerprint density at radius 2 is 1.92 bits per heavy atom. The van der Waals surface area contributed by atoms with Crippen LogP contribution in [0.4, 0.5) is 0 Å². The van der Waals surface area contributed by atoms with Gasteiger partial charge in [-0.1, -0.05) is 6.92 Å². The summed E-state index contributed by atoms with van der Waals surface area (Å²) in [6.07, 6.45) is -0.233. The van der Waals surface area contributed by atoms with Crippen LogP contribution in [0, 0.1) is 0 Å². The van der Waals surface area contributed by atoms with E-state index in [9.17, 15) is 0 Å². The van der Waals surface area contributed by atoms with Crippen molar-refractivity contribution in [2.24, 2.45) is 0 Å². The molecule has 0 aromatic carbocycles. The Bertz CT molecular complexity index is 107. The van der Waals surface area contributed by atoms with Gasteiger partial charge in [0.25, 0.3) is 0 Å². The van der Waals surface area contributed by atoms with Crippen LogP contribution in [0.1, 0.15) is 20.8 Å². The van der Waals surface area contributed by atoms with E-state index in [4.69, 9.17) is 5.11 Å². The average Bonchev–Trinajstić information content (AvgIpc) is 1.84. The molecule has 0 saturated heterocycles. The number of rotatable bonds is 6. The molecule has 0 radical (unpaired) electrons. The largest absolute Gasteiger partial charge is 0.392 e. The maximum atomic E-state index is 9.10. The number of likely N-dealkylation sites (N-methyl/N-ethyl adjacent to an activating group) is 2. The highest BCUT2D eigenvalue weighted by Crippen LogP contribution is 1.91.